The third-order valence-electron chi connectivity index (χ3n) is 2.82. The Kier molecular flexibility index (Phi) is 2.63. The molecule has 2 aliphatic heterocycles. The molecule has 15 heavy (non-hydrogen) atoms. The molecule has 0 aliphatic carbocycles. The molecule has 1 amide bonds. The summed E-state index contributed by atoms with van der Waals surface area (Å²) in [5, 5.41) is 0. The number of amides is 1. The highest BCUT2D eigenvalue weighted by atomic mass is 16.6. The van der Waals surface area contributed by atoms with Crippen LogP contribution in [0.2, 0.25) is 0 Å². The van der Waals surface area contributed by atoms with E-state index < -0.39 is 5.60 Å². The van der Waals surface area contributed by atoms with Gasteiger partial charge in [0.25, 0.3) is 0 Å². The van der Waals surface area contributed by atoms with Crippen LogP contribution in [0.4, 0.5) is 4.79 Å². The molecular weight excluding hydrogens is 194 g/mol. The van der Waals surface area contributed by atoms with Crippen LogP contribution in [0, 0.1) is 0 Å². The minimum atomic E-state index is -0.423. The van der Waals surface area contributed by atoms with E-state index in [9.17, 15) is 4.79 Å². The van der Waals surface area contributed by atoms with E-state index >= 15 is 0 Å². The van der Waals surface area contributed by atoms with Gasteiger partial charge in [0.05, 0.1) is 6.61 Å². The first kappa shape index (κ1) is 10.7. The summed E-state index contributed by atoms with van der Waals surface area (Å²) in [6, 6.07) is 0.332. The van der Waals surface area contributed by atoms with Crippen LogP contribution < -0.4 is 0 Å². The standard InChI is InChI=1S/C11H19NO3/c1-11(2,3)15-10(13)12-8-4-5-9(12)14-7-6-8/h8-9H,4-7H2,1-3H3. The lowest BCUT2D eigenvalue weighted by molar-refractivity contribution is -0.0885. The van der Waals surface area contributed by atoms with Gasteiger partial charge >= 0.3 is 6.09 Å². The molecule has 2 aliphatic rings. The average Bonchev–Trinajstić information content (AvgIpc) is 2.34. The minimum Gasteiger partial charge on any atom is -0.444 e. The van der Waals surface area contributed by atoms with E-state index in [0.29, 0.717) is 6.04 Å². The molecule has 0 radical (unpaired) electrons. The third kappa shape index (κ3) is 2.25. The Hall–Kier alpha value is -0.770. The molecular formula is C11H19NO3. The third-order valence-corrected chi connectivity index (χ3v) is 2.82. The van der Waals surface area contributed by atoms with E-state index in [1.807, 2.05) is 20.8 Å². The molecule has 0 aromatic carbocycles. The maximum Gasteiger partial charge on any atom is 0.412 e. The number of rotatable bonds is 0. The van der Waals surface area contributed by atoms with Crippen LogP contribution in [0.5, 0.6) is 0 Å². The number of fused-ring (bicyclic) bond motifs is 2. The summed E-state index contributed by atoms with van der Waals surface area (Å²) in [5.41, 5.74) is -0.423. The topological polar surface area (TPSA) is 38.8 Å². The molecule has 0 N–H and O–H groups in total. The van der Waals surface area contributed by atoms with E-state index in [-0.39, 0.29) is 12.3 Å². The van der Waals surface area contributed by atoms with E-state index in [0.717, 1.165) is 25.9 Å². The van der Waals surface area contributed by atoms with Gasteiger partial charge in [-0.3, -0.25) is 4.90 Å². The van der Waals surface area contributed by atoms with Crippen LogP contribution in [-0.4, -0.2) is 35.5 Å². The lowest BCUT2D eigenvalue weighted by atomic mass is 10.1. The molecule has 0 aromatic rings. The number of carbonyl (C=O) groups is 1. The Labute approximate surface area is 90.5 Å². The smallest absolute Gasteiger partial charge is 0.412 e. The quantitative estimate of drug-likeness (QED) is 0.618. The molecule has 4 nitrogen and oxygen atoms in total. The predicted octanol–water partition coefficient (Wildman–Crippen LogP) is 2.13. The van der Waals surface area contributed by atoms with Gasteiger partial charge in [-0.2, -0.15) is 0 Å². The Morgan fingerprint density at radius 2 is 2.07 bits per heavy atom. The van der Waals surface area contributed by atoms with Crippen molar-refractivity contribution in [2.45, 2.75) is 57.9 Å². The number of hydrogen-bond donors (Lipinski definition) is 0. The van der Waals surface area contributed by atoms with Crippen LogP contribution >= 0.6 is 0 Å². The summed E-state index contributed by atoms with van der Waals surface area (Å²) < 4.78 is 10.9. The van der Waals surface area contributed by atoms with Crippen molar-refractivity contribution in [1.82, 2.24) is 4.90 Å². The molecule has 2 unspecified atom stereocenters. The van der Waals surface area contributed by atoms with Gasteiger partial charge in [-0.15, -0.1) is 0 Å². The van der Waals surface area contributed by atoms with Crippen LogP contribution in [-0.2, 0) is 9.47 Å². The lowest BCUT2D eigenvalue weighted by Gasteiger charge is -2.35. The Balaban J connectivity index is 2.01. The molecule has 2 heterocycles. The van der Waals surface area contributed by atoms with Gasteiger partial charge in [0.1, 0.15) is 11.8 Å². The Bertz CT molecular complexity index is 243. The molecule has 2 bridgehead atoms. The van der Waals surface area contributed by atoms with Crippen molar-refractivity contribution in [1.29, 1.82) is 0 Å². The lowest BCUT2D eigenvalue weighted by Crippen LogP contribution is -2.48. The average molecular weight is 213 g/mol. The first-order valence-corrected chi connectivity index (χ1v) is 5.60. The van der Waals surface area contributed by atoms with Crippen molar-refractivity contribution < 1.29 is 14.3 Å². The second-order valence-electron chi connectivity index (χ2n) is 5.23. The van der Waals surface area contributed by atoms with Crippen molar-refractivity contribution in [3.8, 4) is 0 Å². The molecule has 2 rings (SSSR count). The largest absolute Gasteiger partial charge is 0.444 e. The number of nitrogens with zero attached hydrogens (tertiary/aromatic N) is 1. The van der Waals surface area contributed by atoms with E-state index in [4.69, 9.17) is 9.47 Å². The maximum absolute atomic E-state index is 11.9. The first-order valence-electron chi connectivity index (χ1n) is 5.60. The fourth-order valence-corrected chi connectivity index (χ4v) is 2.22. The zero-order valence-corrected chi connectivity index (χ0v) is 9.66. The highest BCUT2D eigenvalue weighted by molar-refractivity contribution is 5.69. The molecule has 0 aromatic heterocycles. The highest BCUT2D eigenvalue weighted by Gasteiger charge is 2.42. The maximum atomic E-state index is 11.9. The van der Waals surface area contributed by atoms with Crippen LogP contribution in [0.3, 0.4) is 0 Å². The number of hydrogen-bond acceptors (Lipinski definition) is 3. The van der Waals surface area contributed by atoms with Gasteiger partial charge in [0.2, 0.25) is 0 Å². The molecule has 2 saturated heterocycles. The Morgan fingerprint density at radius 1 is 1.33 bits per heavy atom. The zero-order chi connectivity index (χ0) is 11.1. The van der Waals surface area contributed by atoms with E-state index in [2.05, 4.69) is 0 Å². The number of ether oxygens (including phenoxy) is 2. The molecule has 0 saturated carbocycles. The second kappa shape index (κ2) is 3.67. The van der Waals surface area contributed by atoms with Crippen molar-refractivity contribution >= 4 is 6.09 Å². The van der Waals surface area contributed by atoms with Crippen molar-refractivity contribution in [2.24, 2.45) is 0 Å². The monoisotopic (exact) mass is 213 g/mol. The zero-order valence-electron chi connectivity index (χ0n) is 9.66. The van der Waals surface area contributed by atoms with Gasteiger partial charge in [0.15, 0.2) is 0 Å². The molecule has 0 spiro atoms. The van der Waals surface area contributed by atoms with Gasteiger partial charge < -0.3 is 9.47 Å². The van der Waals surface area contributed by atoms with Crippen molar-refractivity contribution in [3.05, 3.63) is 0 Å². The molecule has 86 valence electrons. The van der Waals surface area contributed by atoms with Crippen LogP contribution in [0.15, 0.2) is 0 Å². The molecule has 4 heteroatoms. The van der Waals surface area contributed by atoms with Gasteiger partial charge in [0, 0.05) is 6.04 Å². The predicted molar refractivity (Wildman–Crippen MR) is 55.5 cm³/mol. The normalized spacial score (nSPS) is 30.5. The summed E-state index contributed by atoms with van der Waals surface area (Å²) >= 11 is 0. The SMILES string of the molecule is CC(C)(C)OC(=O)N1C2CCOC1CC2. The number of carbonyl (C=O) groups excluding carboxylic acids is 1. The summed E-state index contributed by atoms with van der Waals surface area (Å²) in [4.78, 5) is 13.7. The second-order valence-corrected chi connectivity index (χ2v) is 5.23. The fourth-order valence-electron chi connectivity index (χ4n) is 2.22. The van der Waals surface area contributed by atoms with Crippen molar-refractivity contribution in [2.75, 3.05) is 6.61 Å². The van der Waals surface area contributed by atoms with Gasteiger partial charge in [-0.1, -0.05) is 0 Å². The summed E-state index contributed by atoms with van der Waals surface area (Å²) in [6.07, 6.45) is 2.66. The molecule has 2 fully saturated rings. The van der Waals surface area contributed by atoms with Crippen LogP contribution in [0.25, 0.3) is 0 Å². The summed E-state index contributed by atoms with van der Waals surface area (Å²) in [6.45, 7) is 6.43. The summed E-state index contributed by atoms with van der Waals surface area (Å²) in [5.74, 6) is 0. The fraction of sp³-hybridized carbons (Fsp3) is 0.909. The highest BCUT2D eigenvalue weighted by Crippen LogP contribution is 2.32. The van der Waals surface area contributed by atoms with E-state index in [1.165, 1.54) is 0 Å². The van der Waals surface area contributed by atoms with Crippen LogP contribution in [0.1, 0.15) is 40.0 Å². The molecule has 2 atom stereocenters. The van der Waals surface area contributed by atoms with Gasteiger partial charge in [-0.05, 0) is 40.0 Å². The summed E-state index contributed by atoms with van der Waals surface area (Å²) in [7, 11) is 0. The van der Waals surface area contributed by atoms with Gasteiger partial charge in [-0.25, -0.2) is 4.79 Å². The minimum absolute atomic E-state index is 0.0430. The Morgan fingerprint density at radius 3 is 2.67 bits per heavy atom. The van der Waals surface area contributed by atoms with E-state index in [1.54, 1.807) is 4.90 Å². The first-order chi connectivity index (χ1) is 6.97. The van der Waals surface area contributed by atoms with Crippen molar-refractivity contribution in [3.63, 3.8) is 0 Å².